The summed E-state index contributed by atoms with van der Waals surface area (Å²) in [6, 6.07) is 8.89. The molecule has 0 radical (unpaired) electrons. The van der Waals surface area contributed by atoms with Crippen LogP contribution in [0.15, 0.2) is 51.2 Å². The van der Waals surface area contributed by atoms with Crippen molar-refractivity contribution in [3.8, 4) is 6.19 Å². The molecular formula is C18H16F3N3S2. The maximum absolute atomic E-state index is 12.7. The molecule has 0 atom stereocenters. The normalized spacial score (nSPS) is 12.0. The van der Waals surface area contributed by atoms with E-state index in [9.17, 15) is 13.2 Å². The number of nitriles is 1. The number of aliphatic imine (C=N–C) groups is 1. The van der Waals surface area contributed by atoms with Crippen LogP contribution in [0.2, 0.25) is 0 Å². The molecule has 2 aromatic rings. The molecule has 8 heteroatoms. The first-order chi connectivity index (χ1) is 12.2. The maximum atomic E-state index is 12.7. The highest BCUT2D eigenvalue weighted by Gasteiger charge is 2.29. The summed E-state index contributed by atoms with van der Waals surface area (Å²) in [5, 5.41) is 11.7. The molecule has 2 rings (SSSR count). The van der Waals surface area contributed by atoms with Gasteiger partial charge in [0.15, 0.2) is 11.4 Å². The van der Waals surface area contributed by atoms with Crippen LogP contribution in [0.4, 0.5) is 18.9 Å². The molecule has 3 nitrogen and oxygen atoms in total. The molecule has 0 bridgehead atoms. The molecule has 1 N–H and O–H groups in total. The van der Waals surface area contributed by atoms with Gasteiger partial charge in [0.2, 0.25) is 0 Å². The average Bonchev–Trinajstić information content (AvgIpc) is 2.57. The summed E-state index contributed by atoms with van der Waals surface area (Å²) in [5.74, 6) is 0. The van der Waals surface area contributed by atoms with Crippen molar-refractivity contribution in [1.82, 2.24) is 5.32 Å². The number of hydrogen-bond acceptors (Lipinski definition) is 4. The summed E-state index contributed by atoms with van der Waals surface area (Å²) >= 11 is 2.75. The second-order valence-electron chi connectivity index (χ2n) is 5.39. The second kappa shape index (κ2) is 8.52. The Balaban J connectivity index is 2.27. The van der Waals surface area contributed by atoms with Crippen molar-refractivity contribution in [2.45, 2.75) is 29.8 Å². The van der Waals surface area contributed by atoms with Crippen LogP contribution in [0.3, 0.4) is 0 Å². The Hall–Kier alpha value is -2.11. The Morgan fingerprint density at radius 3 is 2.15 bits per heavy atom. The lowest BCUT2D eigenvalue weighted by atomic mass is 10.1. The number of nitrogens with zero attached hydrogens (tertiary/aromatic N) is 2. The van der Waals surface area contributed by atoms with Crippen molar-refractivity contribution in [1.29, 1.82) is 5.26 Å². The maximum Gasteiger partial charge on any atom is 0.416 e. The van der Waals surface area contributed by atoms with E-state index in [1.54, 1.807) is 0 Å². The van der Waals surface area contributed by atoms with Crippen LogP contribution in [-0.4, -0.2) is 11.4 Å². The summed E-state index contributed by atoms with van der Waals surface area (Å²) in [6.07, 6.45) is -0.673. The van der Waals surface area contributed by atoms with Gasteiger partial charge in [-0.2, -0.15) is 18.4 Å². The minimum absolute atomic E-state index is 0.495. The highest BCUT2D eigenvalue weighted by atomic mass is 32.2. The second-order valence-corrected chi connectivity index (χ2v) is 7.27. The van der Waals surface area contributed by atoms with Gasteiger partial charge in [-0.15, -0.1) is 0 Å². The van der Waals surface area contributed by atoms with Crippen LogP contribution < -0.4 is 5.32 Å². The Morgan fingerprint density at radius 2 is 1.69 bits per heavy atom. The first kappa shape index (κ1) is 20.2. The van der Waals surface area contributed by atoms with Gasteiger partial charge in [0, 0.05) is 9.79 Å². The molecule has 0 unspecified atom stereocenters. The molecule has 0 saturated carbocycles. The third-order valence-corrected chi connectivity index (χ3v) is 5.37. The number of aryl methyl sites for hydroxylation is 2. The molecule has 0 aromatic heterocycles. The molecule has 2 aromatic carbocycles. The zero-order valence-corrected chi connectivity index (χ0v) is 15.9. The van der Waals surface area contributed by atoms with Gasteiger partial charge >= 0.3 is 6.18 Å². The monoisotopic (exact) mass is 395 g/mol. The fourth-order valence-electron chi connectivity index (χ4n) is 2.27. The fourth-order valence-corrected chi connectivity index (χ4v) is 3.56. The van der Waals surface area contributed by atoms with Crippen LogP contribution in [0.25, 0.3) is 0 Å². The first-order valence-electron chi connectivity index (χ1n) is 7.48. The summed E-state index contributed by atoms with van der Waals surface area (Å²) in [4.78, 5) is 6.09. The van der Waals surface area contributed by atoms with Gasteiger partial charge in [-0.05, 0) is 67.6 Å². The number of nitrogens with one attached hydrogen (secondary N) is 1. The van der Waals surface area contributed by atoms with Crippen LogP contribution in [-0.2, 0) is 6.18 Å². The topological polar surface area (TPSA) is 48.2 Å². The third kappa shape index (κ3) is 5.19. The number of halogens is 3. The van der Waals surface area contributed by atoms with Crippen LogP contribution in [0.5, 0.6) is 0 Å². The lowest BCUT2D eigenvalue weighted by Gasteiger charge is -2.12. The lowest BCUT2D eigenvalue weighted by Crippen LogP contribution is -2.12. The summed E-state index contributed by atoms with van der Waals surface area (Å²) in [6.45, 7) is 3.85. The van der Waals surface area contributed by atoms with E-state index in [1.165, 1.54) is 35.7 Å². The standard InChI is InChI=1S/C18H16F3N3S2/c1-11-8-14(24-17(25-3)23-10-22)9-12(2)16(11)26-15-6-4-13(5-7-15)18(19,20)21/h4-9H,1-3H3,(H,23,24). The number of hydrogen-bond donors (Lipinski definition) is 1. The highest BCUT2D eigenvalue weighted by molar-refractivity contribution is 8.13. The van der Waals surface area contributed by atoms with Crippen molar-refractivity contribution in [3.63, 3.8) is 0 Å². The molecule has 26 heavy (non-hydrogen) atoms. The molecule has 0 amide bonds. The SMILES string of the molecule is CSC(=Nc1cc(C)c(Sc2ccc(C(F)(F)F)cc2)c(C)c1)NC#N. The van der Waals surface area contributed by atoms with Crippen molar-refractivity contribution >= 4 is 34.4 Å². The zero-order chi connectivity index (χ0) is 19.3. The van der Waals surface area contributed by atoms with E-state index in [1.807, 2.05) is 38.4 Å². The molecule has 136 valence electrons. The quantitative estimate of drug-likeness (QED) is 0.304. The Labute approximate surface area is 158 Å². The largest absolute Gasteiger partial charge is 0.416 e. The predicted molar refractivity (Wildman–Crippen MR) is 101 cm³/mol. The van der Waals surface area contributed by atoms with Gasteiger partial charge in [0.05, 0.1) is 11.3 Å². The predicted octanol–water partition coefficient (Wildman–Crippen LogP) is 5.89. The minimum Gasteiger partial charge on any atom is -0.271 e. The summed E-state index contributed by atoms with van der Waals surface area (Å²) in [7, 11) is 0. The van der Waals surface area contributed by atoms with E-state index in [4.69, 9.17) is 5.26 Å². The molecule has 0 saturated heterocycles. The smallest absolute Gasteiger partial charge is 0.271 e. The van der Waals surface area contributed by atoms with E-state index in [0.29, 0.717) is 10.9 Å². The molecule has 0 aliphatic rings. The van der Waals surface area contributed by atoms with Gasteiger partial charge in [-0.1, -0.05) is 23.5 Å². The minimum atomic E-state index is -4.33. The van der Waals surface area contributed by atoms with E-state index >= 15 is 0 Å². The van der Waals surface area contributed by atoms with Crippen molar-refractivity contribution in [2.24, 2.45) is 4.99 Å². The van der Waals surface area contributed by atoms with Gasteiger partial charge in [0.1, 0.15) is 0 Å². The first-order valence-corrected chi connectivity index (χ1v) is 9.53. The van der Waals surface area contributed by atoms with E-state index in [2.05, 4.69) is 10.3 Å². The number of rotatable bonds is 3. The van der Waals surface area contributed by atoms with Crippen LogP contribution in [0.1, 0.15) is 16.7 Å². The van der Waals surface area contributed by atoms with Gasteiger partial charge < -0.3 is 0 Å². The third-order valence-electron chi connectivity index (χ3n) is 3.43. The molecule has 0 aliphatic carbocycles. The molecule has 0 heterocycles. The number of thioether (sulfide) groups is 1. The van der Waals surface area contributed by atoms with Gasteiger partial charge in [0.25, 0.3) is 0 Å². The number of alkyl halides is 3. The summed E-state index contributed by atoms with van der Waals surface area (Å²) in [5.41, 5.74) is 1.98. The van der Waals surface area contributed by atoms with Crippen LogP contribution >= 0.6 is 23.5 Å². The summed E-state index contributed by atoms with van der Waals surface area (Å²) < 4.78 is 38.0. The Bertz CT molecular complexity index is 830. The van der Waals surface area contributed by atoms with E-state index in [0.717, 1.165) is 33.1 Å². The van der Waals surface area contributed by atoms with Crippen molar-refractivity contribution in [3.05, 3.63) is 53.1 Å². The average molecular weight is 395 g/mol. The van der Waals surface area contributed by atoms with E-state index in [-0.39, 0.29) is 0 Å². The Morgan fingerprint density at radius 1 is 1.12 bits per heavy atom. The van der Waals surface area contributed by atoms with Crippen molar-refractivity contribution < 1.29 is 13.2 Å². The zero-order valence-electron chi connectivity index (χ0n) is 14.3. The van der Waals surface area contributed by atoms with Gasteiger partial charge in [-0.3, -0.25) is 5.32 Å². The van der Waals surface area contributed by atoms with E-state index < -0.39 is 11.7 Å². The van der Waals surface area contributed by atoms with Gasteiger partial charge in [-0.25, -0.2) is 4.99 Å². The Kier molecular flexibility index (Phi) is 6.62. The molecular weight excluding hydrogens is 379 g/mol. The number of amidine groups is 1. The lowest BCUT2D eigenvalue weighted by molar-refractivity contribution is -0.137. The fraction of sp³-hybridized carbons (Fsp3) is 0.222. The molecule has 0 fully saturated rings. The number of benzene rings is 2. The van der Waals surface area contributed by atoms with Crippen molar-refractivity contribution in [2.75, 3.05) is 6.26 Å². The molecule has 0 aliphatic heterocycles. The molecule has 0 spiro atoms. The van der Waals surface area contributed by atoms with Crippen LogP contribution in [0, 0.1) is 25.3 Å². The highest BCUT2D eigenvalue weighted by Crippen LogP contribution is 2.37.